The maximum Gasteiger partial charge on any atom is 0.326 e. The van der Waals surface area contributed by atoms with E-state index in [1.54, 1.807) is 19.1 Å². The van der Waals surface area contributed by atoms with Crippen LogP contribution < -0.4 is 15.5 Å². The number of amides is 3. The van der Waals surface area contributed by atoms with Crippen molar-refractivity contribution in [3.63, 3.8) is 0 Å². The van der Waals surface area contributed by atoms with Crippen LogP contribution in [0.3, 0.4) is 0 Å². The van der Waals surface area contributed by atoms with Gasteiger partial charge in [-0.05, 0) is 18.6 Å². The van der Waals surface area contributed by atoms with Gasteiger partial charge >= 0.3 is 12.0 Å². The Morgan fingerprint density at radius 1 is 1.33 bits per heavy atom. The van der Waals surface area contributed by atoms with Gasteiger partial charge in [-0.25, -0.2) is 9.59 Å². The highest BCUT2D eigenvalue weighted by Gasteiger charge is 2.39. The van der Waals surface area contributed by atoms with Crippen molar-refractivity contribution in [3.8, 4) is 0 Å². The molecule has 3 amide bonds. The average Bonchev–Trinajstić information content (AvgIpc) is 2.85. The summed E-state index contributed by atoms with van der Waals surface area (Å²) >= 11 is 0. The molecule has 2 rings (SSSR count). The predicted octanol–water partition coefficient (Wildman–Crippen LogP) is 0.346. The normalized spacial score (nSPS) is 17.8. The van der Waals surface area contributed by atoms with Gasteiger partial charge in [-0.3, -0.25) is 10.1 Å². The smallest absolute Gasteiger partial charge is 0.326 e. The van der Waals surface area contributed by atoms with Crippen LogP contribution in [-0.4, -0.2) is 42.1 Å². The molecule has 0 saturated carbocycles. The van der Waals surface area contributed by atoms with Gasteiger partial charge in [-0.2, -0.15) is 0 Å². The third-order valence-electron chi connectivity index (χ3n) is 3.56. The van der Waals surface area contributed by atoms with Crippen LogP contribution in [0.5, 0.6) is 0 Å². The fourth-order valence-electron chi connectivity index (χ4n) is 2.50. The van der Waals surface area contributed by atoms with Crippen LogP contribution in [0.2, 0.25) is 0 Å². The minimum atomic E-state index is -0.995. The molecule has 1 aromatic rings. The quantitative estimate of drug-likeness (QED) is 0.746. The van der Waals surface area contributed by atoms with Crippen molar-refractivity contribution in [2.24, 2.45) is 0 Å². The molecule has 1 aliphatic heterocycles. The minimum Gasteiger partial charge on any atom is -0.480 e. The first-order chi connectivity index (χ1) is 9.95. The number of nitrogens with one attached hydrogen (secondary N) is 2. The zero-order valence-corrected chi connectivity index (χ0v) is 11.8. The van der Waals surface area contributed by atoms with Crippen LogP contribution in [0.1, 0.15) is 12.5 Å². The highest BCUT2D eigenvalue weighted by Crippen LogP contribution is 2.33. The van der Waals surface area contributed by atoms with Crippen molar-refractivity contribution in [1.29, 1.82) is 0 Å². The third-order valence-corrected chi connectivity index (χ3v) is 3.56. The molecule has 7 heteroatoms. The zero-order valence-electron chi connectivity index (χ0n) is 11.8. The van der Waals surface area contributed by atoms with Crippen LogP contribution in [0, 0.1) is 0 Å². The molecule has 0 fully saturated rings. The van der Waals surface area contributed by atoms with Gasteiger partial charge in [0.15, 0.2) is 0 Å². The number of nitrogens with zero attached hydrogens (tertiary/aromatic N) is 1. The Balaban J connectivity index is 2.28. The summed E-state index contributed by atoms with van der Waals surface area (Å²) in [6, 6.07) is 5.04. The second-order valence-corrected chi connectivity index (χ2v) is 4.84. The first kappa shape index (κ1) is 14.8. The molecular weight excluding hydrogens is 274 g/mol. The Hall–Kier alpha value is -2.57. The number of urea groups is 1. The molecule has 21 heavy (non-hydrogen) atoms. The van der Waals surface area contributed by atoms with E-state index >= 15 is 0 Å². The number of carbonyl (C=O) groups is 3. The van der Waals surface area contributed by atoms with Crippen molar-refractivity contribution in [1.82, 2.24) is 10.6 Å². The molecule has 1 heterocycles. The van der Waals surface area contributed by atoms with Crippen LogP contribution in [0.15, 0.2) is 24.3 Å². The number of hydrogen-bond acceptors (Lipinski definition) is 4. The number of aliphatic carboxylic acids is 1. The van der Waals surface area contributed by atoms with Gasteiger partial charge in [0, 0.05) is 19.2 Å². The molecule has 1 aliphatic rings. The molecule has 0 bridgehead atoms. The summed E-state index contributed by atoms with van der Waals surface area (Å²) in [6.07, 6.45) is 0.336. The number of carboxylic acids is 1. The van der Waals surface area contributed by atoms with Gasteiger partial charge in [0.05, 0.1) is 0 Å². The number of anilines is 1. The lowest BCUT2D eigenvalue weighted by Gasteiger charge is -2.30. The van der Waals surface area contributed by atoms with E-state index in [2.05, 4.69) is 10.6 Å². The molecule has 1 aromatic carbocycles. The summed E-state index contributed by atoms with van der Waals surface area (Å²) in [4.78, 5) is 36.3. The molecule has 112 valence electrons. The van der Waals surface area contributed by atoms with E-state index in [1.165, 1.54) is 11.9 Å². The van der Waals surface area contributed by atoms with E-state index < -0.39 is 30.0 Å². The Morgan fingerprint density at radius 3 is 2.62 bits per heavy atom. The molecule has 0 saturated heterocycles. The van der Waals surface area contributed by atoms with Crippen LogP contribution in [-0.2, 0) is 16.0 Å². The number of fused-ring (bicyclic) bond motifs is 1. The van der Waals surface area contributed by atoms with Crippen molar-refractivity contribution in [2.45, 2.75) is 25.4 Å². The summed E-state index contributed by atoms with van der Waals surface area (Å²) in [5.41, 5.74) is 1.59. The number of rotatable bonds is 3. The Kier molecular flexibility index (Phi) is 4.11. The Bertz CT molecular complexity index is 587. The highest BCUT2D eigenvalue weighted by atomic mass is 16.4. The second kappa shape index (κ2) is 5.82. The number of benzene rings is 1. The molecule has 0 aromatic heterocycles. The van der Waals surface area contributed by atoms with Crippen LogP contribution in [0.25, 0.3) is 0 Å². The van der Waals surface area contributed by atoms with Crippen LogP contribution >= 0.6 is 0 Å². The van der Waals surface area contributed by atoms with Gasteiger partial charge in [0.2, 0.25) is 5.91 Å². The molecule has 2 atom stereocenters. The summed E-state index contributed by atoms with van der Waals surface area (Å²) in [5, 5.41) is 13.8. The second-order valence-electron chi connectivity index (χ2n) is 4.84. The van der Waals surface area contributed by atoms with E-state index in [0.29, 0.717) is 12.1 Å². The standard InChI is InChI=1S/C14H17N3O4/c1-8(12(18)16-14(21)15-2)17-10-6-4-3-5-9(10)7-11(17)13(19)20/h3-6,8,11H,7H2,1-2H3,(H,19,20)(H2,15,16,18,21). The molecule has 3 N–H and O–H groups in total. The van der Waals surface area contributed by atoms with Crippen LogP contribution in [0.4, 0.5) is 10.5 Å². The first-order valence-electron chi connectivity index (χ1n) is 6.57. The third kappa shape index (κ3) is 2.81. The number of carbonyl (C=O) groups excluding carboxylic acids is 2. The zero-order chi connectivity index (χ0) is 15.6. The first-order valence-corrected chi connectivity index (χ1v) is 6.57. The predicted molar refractivity (Wildman–Crippen MR) is 76.1 cm³/mol. The monoisotopic (exact) mass is 291 g/mol. The van der Waals surface area contributed by atoms with Crippen molar-refractivity contribution in [3.05, 3.63) is 29.8 Å². The molecule has 0 spiro atoms. The fourth-order valence-corrected chi connectivity index (χ4v) is 2.50. The maximum atomic E-state index is 12.1. The molecular formula is C14H17N3O4. The van der Waals surface area contributed by atoms with Gasteiger partial charge in [0.1, 0.15) is 12.1 Å². The van der Waals surface area contributed by atoms with E-state index in [9.17, 15) is 19.5 Å². The van der Waals surface area contributed by atoms with Gasteiger partial charge in [-0.15, -0.1) is 0 Å². The maximum absolute atomic E-state index is 12.1. The van der Waals surface area contributed by atoms with E-state index in [0.717, 1.165) is 5.56 Å². The Morgan fingerprint density at radius 2 is 2.00 bits per heavy atom. The largest absolute Gasteiger partial charge is 0.480 e. The summed E-state index contributed by atoms with van der Waals surface area (Å²) < 4.78 is 0. The number of para-hydroxylation sites is 1. The Labute approximate surface area is 121 Å². The lowest BCUT2D eigenvalue weighted by molar-refractivity contribution is -0.138. The van der Waals surface area contributed by atoms with E-state index in [4.69, 9.17) is 0 Å². The molecule has 0 aliphatic carbocycles. The summed E-state index contributed by atoms with van der Waals surface area (Å²) in [7, 11) is 1.40. The number of carboxylic acid groups (broad SMARTS) is 1. The average molecular weight is 291 g/mol. The van der Waals surface area contributed by atoms with Gasteiger partial charge < -0.3 is 15.3 Å². The highest BCUT2D eigenvalue weighted by molar-refractivity contribution is 5.99. The van der Waals surface area contributed by atoms with E-state index in [1.807, 2.05) is 12.1 Å². The summed E-state index contributed by atoms with van der Waals surface area (Å²) in [6.45, 7) is 1.58. The topological polar surface area (TPSA) is 98.7 Å². The van der Waals surface area contributed by atoms with Crippen molar-refractivity contribution >= 4 is 23.6 Å². The number of imide groups is 1. The molecule has 2 unspecified atom stereocenters. The van der Waals surface area contributed by atoms with Crippen molar-refractivity contribution in [2.75, 3.05) is 11.9 Å². The molecule has 0 radical (unpaired) electrons. The minimum absolute atomic E-state index is 0.336. The van der Waals surface area contributed by atoms with Crippen molar-refractivity contribution < 1.29 is 19.5 Å². The lowest BCUT2D eigenvalue weighted by Crippen LogP contribution is -2.53. The van der Waals surface area contributed by atoms with Gasteiger partial charge in [0.25, 0.3) is 0 Å². The fraction of sp³-hybridized carbons (Fsp3) is 0.357. The van der Waals surface area contributed by atoms with Gasteiger partial charge in [-0.1, -0.05) is 18.2 Å². The van der Waals surface area contributed by atoms with E-state index in [-0.39, 0.29) is 0 Å². The SMILES string of the molecule is CNC(=O)NC(=O)C(C)N1c2ccccc2CC1C(=O)O. The molecule has 7 nitrogen and oxygen atoms in total. The summed E-state index contributed by atoms with van der Waals surface area (Å²) in [5.74, 6) is -1.54. The lowest BCUT2D eigenvalue weighted by atomic mass is 10.1. The number of hydrogen-bond donors (Lipinski definition) is 3.